The molecule has 1 aromatic heterocycles. The number of carboxylic acids is 1. The molecule has 0 atom stereocenters. The van der Waals surface area contributed by atoms with E-state index in [9.17, 15) is 9.90 Å². The molecule has 3 rings (SSSR count). The maximum atomic E-state index is 11.3. The molecule has 0 unspecified atom stereocenters. The van der Waals surface area contributed by atoms with Gasteiger partial charge in [-0.15, -0.1) is 5.53 Å². The number of aromatic carboxylic acids is 1. The quantitative estimate of drug-likeness (QED) is 0.594. The van der Waals surface area contributed by atoms with E-state index in [1.54, 1.807) is 30.3 Å². The van der Waals surface area contributed by atoms with Gasteiger partial charge in [0, 0.05) is 38.2 Å². The first-order valence-electron chi connectivity index (χ1n) is 9.55. The van der Waals surface area contributed by atoms with Gasteiger partial charge >= 0.3 is 5.97 Å². The normalized spacial score (nSPS) is 13.5. The Morgan fingerprint density at radius 2 is 2.14 bits per heavy atom. The van der Waals surface area contributed by atoms with Gasteiger partial charge < -0.3 is 15.3 Å². The topological polar surface area (TPSA) is 90.0 Å². The van der Waals surface area contributed by atoms with E-state index < -0.39 is 5.97 Å². The molecule has 154 valence electrons. The van der Waals surface area contributed by atoms with Gasteiger partial charge in [0.1, 0.15) is 0 Å². The Kier molecular flexibility index (Phi) is 6.82. The minimum atomic E-state index is -0.950. The first-order chi connectivity index (χ1) is 14.0. The fraction of sp³-hybridized carbons (Fsp3) is 0.333. The van der Waals surface area contributed by atoms with E-state index in [0.29, 0.717) is 6.61 Å². The zero-order valence-electron chi connectivity index (χ0n) is 17.0. The minimum absolute atomic E-state index is 0.245. The molecular weight excluding hydrogens is 370 g/mol. The summed E-state index contributed by atoms with van der Waals surface area (Å²) in [5, 5.41) is 11.0. The summed E-state index contributed by atoms with van der Waals surface area (Å²) in [4.78, 5) is 18.1. The number of nitrogens with one attached hydrogen (secondary N) is 2. The van der Waals surface area contributed by atoms with Crippen LogP contribution in [0.25, 0.3) is 5.70 Å². The summed E-state index contributed by atoms with van der Waals surface area (Å²) in [7, 11) is 1.71. The largest absolute Gasteiger partial charge is 0.478 e. The number of likely N-dealkylation sites (N-methyl/N-ethyl adjacent to an activating group) is 1. The van der Waals surface area contributed by atoms with Crippen molar-refractivity contribution in [2.75, 3.05) is 31.8 Å². The zero-order chi connectivity index (χ0) is 20.8. The summed E-state index contributed by atoms with van der Waals surface area (Å²) in [6, 6.07) is 9.09. The first-order valence-corrected chi connectivity index (χ1v) is 9.55. The Hall–Kier alpha value is -2.94. The summed E-state index contributed by atoms with van der Waals surface area (Å²) < 4.78 is 5.15. The van der Waals surface area contributed by atoms with Gasteiger partial charge in [-0.1, -0.05) is 13.0 Å². The smallest absolute Gasteiger partial charge is 0.335 e. The molecule has 8 heteroatoms. The number of benzene rings is 1. The maximum Gasteiger partial charge on any atom is 0.335 e. The van der Waals surface area contributed by atoms with Crippen molar-refractivity contribution in [3.63, 3.8) is 0 Å². The van der Waals surface area contributed by atoms with Gasteiger partial charge in [-0.25, -0.2) is 4.79 Å². The number of pyridine rings is 1. The van der Waals surface area contributed by atoms with Gasteiger partial charge in [0.2, 0.25) is 0 Å². The van der Waals surface area contributed by atoms with Crippen molar-refractivity contribution in [2.24, 2.45) is 0 Å². The number of hydrazine groups is 2. The number of ether oxygens (including phenoxy) is 1. The molecule has 0 amide bonds. The van der Waals surface area contributed by atoms with Crippen molar-refractivity contribution in [1.29, 1.82) is 0 Å². The van der Waals surface area contributed by atoms with Crippen LogP contribution in [-0.4, -0.2) is 47.8 Å². The highest BCUT2D eigenvalue weighted by Crippen LogP contribution is 2.25. The van der Waals surface area contributed by atoms with Crippen molar-refractivity contribution in [2.45, 2.75) is 20.4 Å². The molecule has 0 saturated carbocycles. The second-order valence-electron chi connectivity index (χ2n) is 6.86. The van der Waals surface area contributed by atoms with Crippen LogP contribution in [0.15, 0.2) is 42.7 Å². The average molecular weight is 397 g/mol. The van der Waals surface area contributed by atoms with Crippen molar-refractivity contribution >= 4 is 17.4 Å². The van der Waals surface area contributed by atoms with Crippen molar-refractivity contribution in [3.8, 4) is 0 Å². The third-order valence-electron chi connectivity index (χ3n) is 4.87. The number of rotatable bonds is 9. The lowest BCUT2D eigenvalue weighted by Gasteiger charge is -2.19. The van der Waals surface area contributed by atoms with Gasteiger partial charge in [0.05, 0.1) is 29.2 Å². The number of methoxy groups -OCH3 is 1. The SMILES string of the molecule is CCN(CCOC)Cc1ccc(C2=CN(c3cc(C(=O)O)ccc3C)NN2)cn1. The summed E-state index contributed by atoms with van der Waals surface area (Å²) in [5.74, 6) is -0.950. The van der Waals surface area contributed by atoms with E-state index in [-0.39, 0.29) is 5.56 Å². The Morgan fingerprint density at radius 1 is 1.31 bits per heavy atom. The summed E-state index contributed by atoms with van der Waals surface area (Å²) in [5.41, 5.74) is 11.0. The second kappa shape index (κ2) is 9.51. The molecule has 0 saturated heterocycles. The molecular formula is C21H27N5O3. The Labute approximate surface area is 170 Å². The third-order valence-corrected chi connectivity index (χ3v) is 4.87. The van der Waals surface area contributed by atoms with Crippen LogP contribution in [0.5, 0.6) is 0 Å². The standard InChI is InChI=1S/C21H27N5O3/c1-4-25(9-10-29-3)13-18-8-7-17(12-22-18)19-14-26(24-23-19)20-11-16(21(27)28)6-5-15(20)2/h5-8,11-12,14,23-24H,4,9-10,13H2,1-3H3,(H,27,28). The van der Waals surface area contributed by atoms with Crippen LogP contribution in [0.1, 0.15) is 34.1 Å². The summed E-state index contributed by atoms with van der Waals surface area (Å²) in [6.45, 7) is 7.35. The molecule has 0 bridgehead atoms. The van der Waals surface area contributed by atoms with Crippen molar-refractivity contribution in [3.05, 3.63) is 65.1 Å². The summed E-state index contributed by atoms with van der Waals surface area (Å²) >= 11 is 0. The number of aryl methyl sites for hydroxylation is 1. The van der Waals surface area contributed by atoms with Crippen LogP contribution >= 0.6 is 0 Å². The van der Waals surface area contributed by atoms with Gasteiger partial charge in [0.15, 0.2) is 0 Å². The van der Waals surface area contributed by atoms with Crippen LogP contribution < -0.4 is 16.0 Å². The molecule has 2 heterocycles. The average Bonchev–Trinajstić information content (AvgIpc) is 3.21. The molecule has 2 aromatic rings. The number of carboxylic acid groups (broad SMARTS) is 1. The molecule has 3 N–H and O–H groups in total. The second-order valence-corrected chi connectivity index (χ2v) is 6.86. The Morgan fingerprint density at radius 3 is 2.79 bits per heavy atom. The molecule has 0 radical (unpaired) electrons. The van der Waals surface area contributed by atoms with Crippen LogP contribution in [-0.2, 0) is 11.3 Å². The van der Waals surface area contributed by atoms with E-state index in [1.165, 1.54) is 0 Å². The van der Waals surface area contributed by atoms with Crippen molar-refractivity contribution < 1.29 is 14.6 Å². The van der Waals surface area contributed by atoms with Crippen LogP contribution in [0.3, 0.4) is 0 Å². The number of carbonyl (C=O) groups is 1. The number of hydrogen-bond donors (Lipinski definition) is 3. The molecule has 1 aliphatic rings. The van der Waals surface area contributed by atoms with Gasteiger partial charge in [0.25, 0.3) is 0 Å². The number of aromatic nitrogens is 1. The number of nitrogens with zero attached hydrogens (tertiary/aromatic N) is 3. The highest BCUT2D eigenvalue weighted by atomic mass is 16.5. The highest BCUT2D eigenvalue weighted by Gasteiger charge is 2.18. The first kappa shape index (κ1) is 20.8. The molecule has 8 nitrogen and oxygen atoms in total. The lowest BCUT2D eigenvalue weighted by Crippen LogP contribution is -2.36. The molecule has 29 heavy (non-hydrogen) atoms. The molecule has 0 spiro atoms. The predicted molar refractivity (Wildman–Crippen MR) is 112 cm³/mol. The molecule has 1 aliphatic heterocycles. The van der Waals surface area contributed by atoms with Gasteiger partial charge in [-0.3, -0.25) is 14.9 Å². The molecule has 0 aliphatic carbocycles. The van der Waals surface area contributed by atoms with E-state index in [2.05, 4.69) is 27.8 Å². The van der Waals surface area contributed by atoms with Gasteiger partial charge in [-0.05, 0) is 43.3 Å². The predicted octanol–water partition coefficient (Wildman–Crippen LogP) is 2.38. The fourth-order valence-corrected chi connectivity index (χ4v) is 3.07. The number of hydrogen-bond acceptors (Lipinski definition) is 7. The van der Waals surface area contributed by atoms with E-state index in [0.717, 1.165) is 47.8 Å². The monoisotopic (exact) mass is 397 g/mol. The lowest BCUT2D eigenvalue weighted by molar-refractivity contribution is 0.0697. The third kappa shape index (κ3) is 5.11. The van der Waals surface area contributed by atoms with Crippen LogP contribution in [0.2, 0.25) is 0 Å². The van der Waals surface area contributed by atoms with E-state index >= 15 is 0 Å². The lowest BCUT2D eigenvalue weighted by atomic mass is 10.1. The zero-order valence-corrected chi connectivity index (χ0v) is 17.0. The van der Waals surface area contributed by atoms with Crippen LogP contribution in [0, 0.1) is 6.92 Å². The van der Waals surface area contributed by atoms with Crippen LogP contribution in [0.4, 0.5) is 5.69 Å². The minimum Gasteiger partial charge on any atom is -0.478 e. The van der Waals surface area contributed by atoms with Gasteiger partial charge in [-0.2, -0.15) is 0 Å². The number of anilines is 1. The molecule has 0 fully saturated rings. The summed E-state index contributed by atoms with van der Waals surface area (Å²) in [6.07, 6.45) is 3.73. The Balaban J connectivity index is 1.72. The highest BCUT2D eigenvalue weighted by molar-refractivity contribution is 5.89. The fourth-order valence-electron chi connectivity index (χ4n) is 3.07. The Bertz CT molecular complexity index is 882. The maximum absolute atomic E-state index is 11.3. The van der Waals surface area contributed by atoms with Crippen molar-refractivity contribution in [1.82, 2.24) is 20.8 Å². The van der Waals surface area contributed by atoms with E-state index in [4.69, 9.17) is 4.74 Å². The molecule has 1 aromatic carbocycles. The van der Waals surface area contributed by atoms with E-state index in [1.807, 2.05) is 31.5 Å².